The molecular formula is C28H35N5O2. The van der Waals surface area contributed by atoms with E-state index in [9.17, 15) is 9.59 Å². The van der Waals surface area contributed by atoms with Crippen LogP contribution in [0.5, 0.6) is 0 Å². The van der Waals surface area contributed by atoms with Crippen LogP contribution in [-0.4, -0.2) is 69.9 Å². The van der Waals surface area contributed by atoms with Gasteiger partial charge in [0.05, 0.1) is 11.2 Å². The van der Waals surface area contributed by atoms with Crippen molar-refractivity contribution in [1.29, 1.82) is 0 Å². The third-order valence-electron chi connectivity index (χ3n) is 7.43. The van der Waals surface area contributed by atoms with Crippen LogP contribution in [0.3, 0.4) is 0 Å². The van der Waals surface area contributed by atoms with Crippen molar-refractivity contribution in [1.82, 2.24) is 24.9 Å². The van der Waals surface area contributed by atoms with Gasteiger partial charge in [0, 0.05) is 55.8 Å². The zero-order valence-corrected chi connectivity index (χ0v) is 21.2. The highest BCUT2D eigenvalue weighted by Crippen LogP contribution is 2.29. The highest BCUT2D eigenvalue weighted by Gasteiger charge is 2.28. The normalized spacial score (nSPS) is 16.4. The molecule has 7 nitrogen and oxygen atoms in total. The van der Waals surface area contributed by atoms with Crippen LogP contribution in [-0.2, 0) is 19.5 Å². The number of rotatable bonds is 5. The molecule has 2 aliphatic heterocycles. The third kappa shape index (κ3) is 4.69. The Hall–Kier alpha value is -3.19. The summed E-state index contributed by atoms with van der Waals surface area (Å²) in [4.78, 5) is 32.7. The minimum atomic E-state index is 0.0311. The number of H-pyrrole nitrogens is 1. The zero-order chi connectivity index (χ0) is 24.7. The standard InChI is InChI=1S/C28H35N5O2/c1-18(2)5-8-25-24-15-23(19(3)13-26(24)30-29-25)28(35)33-16-21-7-6-20(14-22(21)17-33)27(34)32-11-9-31(4)10-12-32/h6-7,13-15,18H,5,8-12,16-17H2,1-4H3,(H,29,30). The van der Waals surface area contributed by atoms with Crippen LogP contribution in [0.1, 0.15) is 63.4 Å². The molecule has 184 valence electrons. The minimum absolute atomic E-state index is 0.0311. The Morgan fingerprint density at radius 2 is 1.71 bits per heavy atom. The van der Waals surface area contributed by atoms with Crippen molar-refractivity contribution in [2.45, 2.75) is 46.7 Å². The van der Waals surface area contributed by atoms with E-state index in [1.54, 1.807) is 0 Å². The number of nitrogens with one attached hydrogen (secondary N) is 1. The average molecular weight is 474 g/mol. The molecule has 35 heavy (non-hydrogen) atoms. The number of nitrogens with zero attached hydrogens (tertiary/aromatic N) is 4. The van der Waals surface area contributed by atoms with Gasteiger partial charge < -0.3 is 14.7 Å². The Bertz CT molecular complexity index is 1270. The maximum atomic E-state index is 13.6. The Balaban J connectivity index is 1.34. The van der Waals surface area contributed by atoms with E-state index in [0.29, 0.717) is 24.6 Å². The molecule has 3 heterocycles. The van der Waals surface area contributed by atoms with Gasteiger partial charge in [-0.1, -0.05) is 19.9 Å². The number of piperazine rings is 1. The van der Waals surface area contributed by atoms with Gasteiger partial charge in [-0.15, -0.1) is 0 Å². The van der Waals surface area contributed by atoms with Crippen LogP contribution in [0.15, 0.2) is 30.3 Å². The summed E-state index contributed by atoms with van der Waals surface area (Å²) >= 11 is 0. The van der Waals surface area contributed by atoms with E-state index in [0.717, 1.165) is 77.9 Å². The van der Waals surface area contributed by atoms with Crippen LogP contribution in [0, 0.1) is 12.8 Å². The fourth-order valence-electron chi connectivity index (χ4n) is 5.11. The molecule has 0 spiro atoms. The molecule has 5 rings (SSSR count). The smallest absolute Gasteiger partial charge is 0.254 e. The van der Waals surface area contributed by atoms with Crippen LogP contribution in [0.25, 0.3) is 10.9 Å². The van der Waals surface area contributed by atoms with Crippen molar-refractivity contribution >= 4 is 22.7 Å². The van der Waals surface area contributed by atoms with Gasteiger partial charge in [0.15, 0.2) is 0 Å². The number of benzene rings is 2. The predicted molar refractivity (Wildman–Crippen MR) is 137 cm³/mol. The molecule has 1 saturated heterocycles. The molecule has 0 aliphatic carbocycles. The SMILES string of the molecule is Cc1cc2[nH]nc(CCC(C)C)c2cc1C(=O)N1Cc2ccc(C(=O)N3CCN(C)CC3)cc2C1. The van der Waals surface area contributed by atoms with Crippen LogP contribution in [0.2, 0.25) is 0 Å². The summed E-state index contributed by atoms with van der Waals surface area (Å²) in [7, 11) is 2.08. The van der Waals surface area contributed by atoms with Crippen molar-refractivity contribution in [3.63, 3.8) is 0 Å². The van der Waals surface area contributed by atoms with E-state index in [-0.39, 0.29) is 11.8 Å². The predicted octanol–water partition coefficient (Wildman–Crippen LogP) is 4.00. The molecule has 0 saturated carbocycles. The average Bonchev–Trinajstić information content (AvgIpc) is 3.45. The Kier molecular flexibility index (Phi) is 6.36. The van der Waals surface area contributed by atoms with Gasteiger partial charge in [0.25, 0.3) is 11.8 Å². The maximum Gasteiger partial charge on any atom is 0.254 e. The number of aromatic amines is 1. The van der Waals surface area contributed by atoms with Crippen molar-refractivity contribution in [2.24, 2.45) is 5.92 Å². The quantitative estimate of drug-likeness (QED) is 0.608. The third-order valence-corrected chi connectivity index (χ3v) is 7.43. The van der Waals surface area contributed by atoms with Gasteiger partial charge in [-0.3, -0.25) is 14.7 Å². The Morgan fingerprint density at radius 1 is 0.971 bits per heavy atom. The summed E-state index contributed by atoms with van der Waals surface area (Å²) in [6.45, 7) is 10.8. The maximum absolute atomic E-state index is 13.6. The van der Waals surface area contributed by atoms with Crippen molar-refractivity contribution in [3.05, 3.63) is 63.8 Å². The number of hydrogen-bond donors (Lipinski definition) is 1. The first-order chi connectivity index (χ1) is 16.8. The molecule has 2 aromatic carbocycles. The van der Waals surface area contributed by atoms with Gasteiger partial charge in [0.2, 0.25) is 0 Å². The van der Waals surface area contributed by atoms with E-state index in [1.807, 2.05) is 47.1 Å². The lowest BCUT2D eigenvalue weighted by Crippen LogP contribution is -2.47. The molecule has 1 fully saturated rings. The fourth-order valence-corrected chi connectivity index (χ4v) is 5.11. The highest BCUT2D eigenvalue weighted by molar-refractivity contribution is 6.00. The van der Waals surface area contributed by atoms with E-state index in [2.05, 4.69) is 36.0 Å². The molecule has 0 unspecified atom stereocenters. The molecule has 1 aromatic heterocycles. The molecule has 2 aliphatic rings. The molecule has 0 radical (unpaired) electrons. The van der Waals surface area contributed by atoms with Gasteiger partial charge in [-0.05, 0) is 73.7 Å². The molecule has 2 amide bonds. The number of aryl methyl sites for hydroxylation is 2. The second-order valence-electron chi connectivity index (χ2n) is 10.6. The van der Waals surface area contributed by atoms with Crippen molar-refractivity contribution < 1.29 is 9.59 Å². The van der Waals surface area contributed by atoms with Crippen LogP contribution in [0.4, 0.5) is 0 Å². The first-order valence-corrected chi connectivity index (χ1v) is 12.7. The molecule has 7 heteroatoms. The lowest BCUT2D eigenvalue weighted by molar-refractivity contribution is 0.0663. The Labute approximate surface area is 207 Å². The summed E-state index contributed by atoms with van der Waals surface area (Å²) in [5.74, 6) is 0.717. The zero-order valence-electron chi connectivity index (χ0n) is 21.2. The van der Waals surface area contributed by atoms with E-state index in [4.69, 9.17) is 0 Å². The van der Waals surface area contributed by atoms with Crippen LogP contribution >= 0.6 is 0 Å². The second-order valence-corrected chi connectivity index (χ2v) is 10.6. The topological polar surface area (TPSA) is 72.5 Å². The largest absolute Gasteiger partial charge is 0.336 e. The van der Waals surface area contributed by atoms with E-state index in [1.165, 1.54) is 0 Å². The van der Waals surface area contributed by atoms with E-state index >= 15 is 0 Å². The minimum Gasteiger partial charge on any atom is -0.336 e. The molecular weight excluding hydrogens is 438 g/mol. The summed E-state index contributed by atoms with van der Waals surface area (Å²) < 4.78 is 0. The summed E-state index contributed by atoms with van der Waals surface area (Å²) in [6.07, 6.45) is 1.96. The first kappa shape index (κ1) is 23.5. The number of aromatic nitrogens is 2. The van der Waals surface area contributed by atoms with Crippen molar-refractivity contribution in [2.75, 3.05) is 33.2 Å². The first-order valence-electron chi connectivity index (χ1n) is 12.7. The van der Waals surface area contributed by atoms with Gasteiger partial charge in [-0.2, -0.15) is 5.10 Å². The van der Waals surface area contributed by atoms with Crippen molar-refractivity contribution in [3.8, 4) is 0 Å². The number of carbonyl (C=O) groups excluding carboxylic acids is 2. The summed E-state index contributed by atoms with van der Waals surface area (Å²) in [5, 5.41) is 8.69. The van der Waals surface area contributed by atoms with Gasteiger partial charge in [0.1, 0.15) is 0 Å². The van der Waals surface area contributed by atoms with Gasteiger partial charge >= 0.3 is 0 Å². The number of likely N-dealkylation sites (N-methyl/N-ethyl adjacent to an activating group) is 1. The number of fused-ring (bicyclic) bond motifs is 2. The molecule has 1 N–H and O–H groups in total. The Morgan fingerprint density at radius 3 is 2.46 bits per heavy atom. The number of amides is 2. The number of carbonyl (C=O) groups is 2. The molecule has 3 aromatic rings. The lowest BCUT2D eigenvalue weighted by atomic mass is 10.0. The highest BCUT2D eigenvalue weighted by atomic mass is 16.2. The fraction of sp³-hybridized carbons (Fsp3) is 0.464. The molecule has 0 bridgehead atoms. The van der Waals surface area contributed by atoms with E-state index < -0.39 is 0 Å². The second kappa shape index (κ2) is 9.46. The summed E-state index contributed by atoms with van der Waals surface area (Å²) in [6, 6.07) is 9.96. The number of hydrogen-bond acceptors (Lipinski definition) is 4. The summed E-state index contributed by atoms with van der Waals surface area (Å²) in [5.41, 5.74) is 6.59. The van der Waals surface area contributed by atoms with Gasteiger partial charge in [-0.25, -0.2) is 0 Å². The molecule has 0 atom stereocenters. The van der Waals surface area contributed by atoms with Crippen LogP contribution < -0.4 is 0 Å². The monoisotopic (exact) mass is 473 g/mol. The lowest BCUT2D eigenvalue weighted by Gasteiger charge is -2.32.